The minimum absolute atomic E-state index is 0. The number of hydrazine groups is 1. The van der Waals surface area contributed by atoms with E-state index in [1.165, 1.54) is 49.8 Å². The van der Waals surface area contributed by atoms with Crippen LogP contribution in [0.2, 0.25) is 0 Å². The van der Waals surface area contributed by atoms with Crippen molar-refractivity contribution in [1.29, 1.82) is 0 Å². The number of nitrogens with two attached hydrogens (primary N) is 3. The molecule has 0 spiro atoms. The maximum absolute atomic E-state index is 12.2. The quantitative estimate of drug-likeness (QED) is 0.269. The van der Waals surface area contributed by atoms with E-state index in [2.05, 4.69) is 32.5 Å². The van der Waals surface area contributed by atoms with Crippen LogP contribution in [0.15, 0.2) is 24.3 Å². The Kier molecular flexibility index (Phi) is 15.1. The SMILES string of the molecule is C[C@@H]1CC[C@H](CN)C1.C[C@@H]1CC[C@H](CN2C(=O)c3ccccc3C2=O)C1.C[C@@H]1CC[C@H](CO)C1.NN.O. The number of imide groups is 1. The highest BCUT2D eigenvalue weighted by molar-refractivity contribution is 6.21. The predicted octanol–water partition coefficient (Wildman–Crippen LogP) is 3.51. The van der Waals surface area contributed by atoms with Crippen LogP contribution in [0.4, 0.5) is 0 Å². The number of benzene rings is 1. The van der Waals surface area contributed by atoms with Gasteiger partial charge >= 0.3 is 0 Å². The molecule has 5 rings (SSSR count). The number of hydrogen-bond acceptors (Lipinski definition) is 6. The van der Waals surface area contributed by atoms with Gasteiger partial charge in [0.25, 0.3) is 11.8 Å². The molecule has 0 aromatic heterocycles. The second kappa shape index (κ2) is 16.9. The van der Waals surface area contributed by atoms with Crippen LogP contribution in [0.1, 0.15) is 99.3 Å². The maximum atomic E-state index is 12.2. The zero-order valence-electron chi connectivity index (χ0n) is 23.2. The maximum Gasteiger partial charge on any atom is 0.261 e. The lowest BCUT2D eigenvalue weighted by molar-refractivity contribution is 0.0629. The van der Waals surface area contributed by atoms with Crippen LogP contribution >= 0.6 is 0 Å². The van der Waals surface area contributed by atoms with Gasteiger partial charge in [0.05, 0.1) is 11.1 Å². The van der Waals surface area contributed by atoms with Crippen molar-refractivity contribution < 1.29 is 20.2 Å². The van der Waals surface area contributed by atoms with E-state index in [1.54, 1.807) is 12.1 Å². The highest BCUT2D eigenvalue weighted by atomic mass is 16.3. The summed E-state index contributed by atoms with van der Waals surface area (Å²) in [4.78, 5) is 25.8. The normalized spacial score (nSPS) is 29.8. The minimum Gasteiger partial charge on any atom is -0.412 e. The van der Waals surface area contributed by atoms with Gasteiger partial charge in [0.2, 0.25) is 0 Å². The standard InChI is InChI=1S/C15H17NO2.C7H15N.C7H14O.H4N2.H2O/c1-10-6-7-11(8-10)9-16-14(17)12-4-2-3-5-13(12)15(16)18;2*1-6-2-3-7(4-6)5-8;1-2;/h2-5,10-11H,6-9H2,1H3;6-7H,2-5,8H2,1H3;6-8H,2-5H2,1H3;1-2H2;1H2/t10-,11+;2*6-,7+;;/m111../s1. The number of fused-ring (bicyclic) bond motifs is 1. The van der Waals surface area contributed by atoms with Gasteiger partial charge < -0.3 is 16.3 Å². The molecule has 3 saturated carbocycles. The zero-order valence-corrected chi connectivity index (χ0v) is 23.2. The van der Waals surface area contributed by atoms with E-state index in [0.29, 0.717) is 36.1 Å². The number of aliphatic hydroxyl groups excluding tert-OH is 1. The Hall–Kier alpha value is -1.84. The molecule has 9 N–H and O–H groups in total. The topological polar surface area (TPSA) is 167 Å². The summed E-state index contributed by atoms with van der Waals surface area (Å²) < 4.78 is 0. The first kappa shape index (κ1) is 33.2. The van der Waals surface area contributed by atoms with E-state index in [-0.39, 0.29) is 17.3 Å². The van der Waals surface area contributed by atoms with Crippen molar-refractivity contribution in [3.05, 3.63) is 35.4 Å². The third kappa shape index (κ3) is 9.76. The van der Waals surface area contributed by atoms with Gasteiger partial charge in [-0.2, -0.15) is 0 Å². The van der Waals surface area contributed by atoms with Crippen LogP contribution in [-0.2, 0) is 0 Å². The van der Waals surface area contributed by atoms with E-state index in [9.17, 15) is 9.59 Å². The third-order valence-electron chi connectivity index (χ3n) is 8.32. The largest absolute Gasteiger partial charge is 0.412 e. The van der Waals surface area contributed by atoms with Crippen LogP contribution in [0, 0.1) is 35.5 Å². The fourth-order valence-corrected chi connectivity index (χ4v) is 6.18. The molecule has 0 bridgehead atoms. The van der Waals surface area contributed by atoms with E-state index >= 15 is 0 Å². The van der Waals surface area contributed by atoms with Crippen molar-refractivity contribution >= 4 is 11.8 Å². The predicted molar refractivity (Wildman–Crippen MR) is 149 cm³/mol. The molecule has 1 aliphatic heterocycles. The highest BCUT2D eigenvalue weighted by Crippen LogP contribution is 2.33. The van der Waals surface area contributed by atoms with Gasteiger partial charge in [0.1, 0.15) is 0 Å². The Bertz CT molecular complexity index is 766. The Balaban J connectivity index is 0.000000302. The number of carbonyl (C=O) groups excluding carboxylic acids is 2. The van der Waals surface area contributed by atoms with Crippen LogP contribution < -0.4 is 17.4 Å². The molecule has 37 heavy (non-hydrogen) atoms. The van der Waals surface area contributed by atoms with Crippen molar-refractivity contribution in [1.82, 2.24) is 4.90 Å². The van der Waals surface area contributed by atoms with Crippen molar-refractivity contribution in [3.8, 4) is 0 Å². The lowest BCUT2D eigenvalue weighted by atomic mass is 10.1. The molecule has 0 unspecified atom stereocenters. The molecule has 1 aromatic carbocycles. The number of aliphatic hydroxyl groups is 1. The molecule has 0 radical (unpaired) electrons. The Morgan fingerprint density at radius 1 is 0.757 bits per heavy atom. The second-order valence-electron chi connectivity index (χ2n) is 11.5. The summed E-state index contributed by atoms with van der Waals surface area (Å²) in [5.41, 5.74) is 6.62. The number of nitrogens with zero attached hydrogens (tertiary/aromatic N) is 1. The second-order valence-corrected chi connectivity index (χ2v) is 11.5. The van der Waals surface area contributed by atoms with E-state index in [0.717, 1.165) is 43.1 Å². The molecular weight excluding hydrogens is 468 g/mol. The molecule has 2 amide bonds. The van der Waals surface area contributed by atoms with Crippen LogP contribution in [0.5, 0.6) is 0 Å². The molecule has 8 heteroatoms. The van der Waals surface area contributed by atoms with Gasteiger partial charge in [-0.25, -0.2) is 0 Å². The fraction of sp³-hybridized carbons (Fsp3) is 0.724. The molecule has 1 heterocycles. The Labute approximate surface area is 223 Å². The minimum atomic E-state index is -0.116. The zero-order chi connectivity index (χ0) is 26.7. The molecule has 0 saturated heterocycles. The molecule has 3 aliphatic carbocycles. The summed E-state index contributed by atoms with van der Waals surface area (Å²) in [6.45, 7) is 8.72. The summed E-state index contributed by atoms with van der Waals surface area (Å²) in [7, 11) is 0. The first-order valence-corrected chi connectivity index (χ1v) is 13.9. The van der Waals surface area contributed by atoms with Gasteiger partial charge in [0, 0.05) is 13.2 Å². The van der Waals surface area contributed by atoms with Crippen molar-refractivity contribution in [2.24, 2.45) is 52.9 Å². The summed E-state index contributed by atoms with van der Waals surface area (Å²) in [5.74, 6) is 12.3. The first-order chi connectivity index (χ1) is 17.3. The molecule has 212 valence electrons. The highest BCUT2D eigenvalue weighted by Gasteiger charge is 2.37. The van der Waals surface area contributed by atoms with Gasteiger partial charge in [0.15, 0.2) is 0 Å². The summed E-state index contributed by atoms with van der Waals surface area (Å²) in [6, 6.07) is 7.11. The Morgan fingerprint density at radius 3 is 1.46 bits per heavy atom. The van der Waals surface area contributed by atoms with Crippen molar-refractivity contribution in [2.45, 2.75) is 78.6 Å². The smallest absolute Gasteiger partial charge is 0.261 e. The Morgan fingerprint density at radius 2 is 1.16 bits per heavy atom. The lowest BCUT2D eigenvalue weighted by Gasteiger charge is -2.18. The molecule has 4 aliphatic rings. The molecule has 3 fully saturated rings. The van der Waals surface area contributed by atoms with Crippen LogP contribution in [0.25, 0.3) is 0 Å². The third-order valence-corrected chi connectivity index (χ3v) is 8.32. The fourth-order valence-electron chi connectivity index (χ4n) is 6.18. The monoisotopic (exact) mass is 520 g/mol. The number of hydrogen-bond donors (Lipinski definition) is 4. The molecule has 1 aromatic rings. The first-order valence-electron chi connectivity index (χ1n) is 13.9. The van der Waals surface area contributed by atoms with E-state index in [1.807, 2.05) is 12.1 Å². The van der Waals surface area contributed by atoms with Crippen molar-refractivity contribution in [2.75, 3.05) is 19.7 Å². The van der Waals surface area contributed by atoms with Gasteiger partial charge in [-0.1, -0.05) is 52.2 Å². The molecule has 8 nitrogen and oxygen atoms in total. The summed E-state index contributed by atoms with van der Waals surface area (Å²) >= 11 is 0. The lowest BCUT2D eigenvalue weighted by Crippen LogP contribution is -2.34. The summed E-state index contributed by atoms with van der Waals surface area (Å²) in [5, 5.41) is 8.68. The number of rotatable bonds is 4. The van der Waals surface area contributed by atoms with E-state index in [4.69, 9.17) is 10.8 Å². The van der Waals surface area contributed by atoms with Gasteiger partial charge in [-0.3, -0.25) is 26.2 Å². The van der Waals surface area contributed by atoms with Crippen LogP contribution in [0.3, 0.4) is 0 Å². The van der Waals surface area contributed by atoms with E-state index < -0.39 is 0 Å². The molecule has 6 atom stereocenters. The summed E-state index contributed by atoms with van der Waals surface area (Å²) in [6.07, 6.45) is 11.4. The number of amides is 2. The van der Waals surface area contributed by atoms with Crippen LogP contribution in [-0.4, -0.2) is 47.0 Å². The van der Waals surface area contributed by atoms with Crippen molar-refractivity contribution in [3.63, 3.8) is 0 Å². The average Bonchev–Trinajstić information content (AvgIpc) is 3.67. The van der Waals surface area contributed by atoms with Gasteiger partial charge in [-0.05, 0) is 92.7 Å². The average molecular weight is 521 g/mol. The number of carbonyl (C=O) groups is 2. The molecular formula is C29H52N4O4. The van der Waals surface area contributed by atoms with Gasteiger partial charge in [-0.15, -0.1) is 0 Å².